The molecule has 2 aromatic rings. The van der Waals surface area contributed by atoms with Crippen molar-refractivity contribution in [2.24, 2.45) is 0 Å². The summed E-state index contributed by atoms with van der Waals surface area (Å²) < 4.78 is 40.5. The van der Waals surface area contributed by atoms with Crippen LogP contribution >= 0.6 is 0 Å². The SMILES string of the molecule is CCNC(=O)C[C@H]1CC[C@@H]2[C@H](COc3ccc(NS(=O)(=O)c4ccccc4C)cc3C(=O)N2C)O1. The van der Waals surface area contributed by atoms with Crippen molar-refractivity contribution >= 4 is 27.5 Å². The monoisotopic (exact) mass is 501 g/mol. The molecule has 2 amide bonds. The van der Waals surface area contributed by atoms with Crippen molar-refractivity contribution in [1.82, 2.24) is 10.2 Å². The molecular weight excluding hydrogens is 470 g/mol. The average Bonchev–Trinajstić information content (AvgIpc) is 2.82. The summed E-state index contributed by atoms with van der Waals surface area (Å²) in [5.41, 5.74) is 1.18. The lowest BCUT2D eigenvalue weighted by Gasteiger charge is -2.42. The highest BCUT2D eigenvalue weighted by atomic mass is 32.2. The molecule has 0 unspecified atom stereocenters. The third-order valence-electron chi connectivity index (χ3n) is 6.43. The molecular formula is C25H31N3O6S. The number of amides is 2. The van der Waals surface area contributed by atoms with Gasteiger partial charge in [-0.25, -0.2) is 8.42 Å². The summed E-state index contributed by atoms with van der Waals surface area (Å²) in [5, 5.41) is 2.79. The van der Waals surface area contributed by atoms with E-state index >= 15 is 0 Å². The highest BCUT2D eigenvalue weighted by molar-refractivity contribution is 7.92. The fourth-order valence-electron chi connectivity index (χ4n) is 4.64. The summed E-state index contributed by atoms with van der Waals surface area (Å²) in [6.07, 6.45) is 1.00. The Kier molecular flexibility index (Phi) is 7.32. The Balaban J connectivity index is 1.54. The first-order valence-electron chi connectivity index (χ1n) is 11.7. The molecule has 2 heterocycles. The summed E-state index contributed by atoms with van der Waals surface area (Å²) in [6.45, 7) is 4.38. The van der Waals surface area contributed by atoms with E-state index in [4.69, 9.17) is 9.47 Å². The van der Waals surface area contributed by atoms with Crippen LogP contribution in [0.2, 0.25) is 0 Å². The highest BCUT2D eigenvalue weighted by Crippen LogP contribution is 2.33. The molecule has 0 radical (unpaired) electrons. The van der Waals surface area contributed by atoms with Crippen LogP contribution in [0.25, 0.3) is 0 Å². The van der Waals surface area contributed by atoms with Crippen molar-refractivity contribution in [2.75, 3.05) is 24.9 Å². The number of hydrogen-bond acceptors (Lipinski definition) is 6. The zero-order valence-electron chi connectivity index (χ0n) is 20.1. The number of anilines is 1. The van der Waals surface area contributed by atoms with Crippen molar-refractivity contribution in [3.8, 4) is 5.75 Å². The van der Waals surface area contributed by atoms with Crippen LogP contribution in [0.5, 0.6) is 5.75 Å². The van der Waals surface area contributed by atoms with Crippen LogP contribution < -0.4 is 14.8 Å². The zero-order valence-corrected chi connectivity index (χ0v) is 20.9. The molecule has 9 nitrogen and oxygen atoms in total. The van der Waals surface area contributed by atoms with E-state index in [9.17, 15) is 18.0 Å². The van der Waals surface area contributed by atoms with Crippen molar-refractivity contribution in [2.45, 2.75) is 56.3 Å². The normalized spacial score (nSPS) is 22.2. The number of benzene rings is 2. The Morgan fingerprint density at radius 2 is 1.94 bits per heavy atom. The number of ether oxygens (including phenoxy) is 2. The largest absolute Gasteiger partial charge is 0.490 e. The van der Waals surface area contributed by atoms with E-state index in [0.717, 1.165) is 0 Å². The van der Waals surface area contributed by atoms with Crippen molar-refractivity contribution in [3.05, 3.63) is 53.6 Å². The van der Waals surface area contributed by atoms with E-state index in [1.165, 1.54) is 12.1 Å². The van der Waals surface area contributed by atoms with Gasteiger partial charge in [-0.2, -0.15) is 0 Å². The standard InChI is InChI=1S/C25H31N3O6S/c1-4-26-24(29)14-18-10-11-20-22(34-18)15-33-21-12-9-17(13-19(21)25(30)28(20)3)27-35(31,32)23-8-6-5-7-16(23)2/h5-9,12-13,18,20,22,27H,4,10-11,14-15H2,1-3H3,(H,26,29)/t18-,20-,22+/m1/s1. The zero-order chi connectivity index (χ0) is 25.2. The molecule has 3 atom stereocenters. The van der Waals surface area contributed by atoms with Gasteiger partial charge in [-0.15, -0.1) is 0 Å². The predicted molar refractivity (Wildman–Crippen MR) is 131 cm³/mol. The van der Waals surface area contributed by atoms with Gasteiger partial charge in [-0.3, -0.25) is 14.3 Å². The molecule has 188 valence electrons. The van der Waals surface area contributed by atoms with Crippen molar-refractivity contribution in [1.29, 1.82) is 0 Å². The maximum atomic E-state index is 13.4. The average molecular weight is 502 g/mol. The number of fused-ring (bicyclic) bond motifs is 2. The minimum atomic E-state index is -3.83. The second-order valence-electron chi connectivity index (χ2n) is 8.91. The number of carbonyl (C=O) groups excluding carboxylic acids is 2. The van der Waals surface area contributed by atoms with Crippen LogP contribution in [-0.4, -0.2) is 63.6 Å². The van der Waals surface area contributed by atoms with Gasteiger partial charge in [0, 0.05) is 19.3 Å². The Morgan fingerprint density at radius 3 is 2.69 bits per heavy atom. The number of rotatable bonds is 6. The quantitative estimate of drug-likeness (QED) is 0.629. The number of sulfonamides is 1. The van der Waals surface area contributed by atoms with E-state index in [1.54, 1.807) is 49.2 Å². The molecule has 4 rings (SSSR count). The lowest BCUT2D eigenvalue weighted by molar-refractivity contribution is -0.133. The van der Waals surface area contributed by atoms with Crippen LogP contribution in [-0.2, 0) is 19.6 Å². The summed E-state index contributed by atoms with van der Waals surface area (Å²) >= 11 is 0. The highest BCUT2D eigenvalue weighted by Gasteiger charge is 2.39. The van der Waals surface area contributed by atoms with Gasteiger partial charge in [0.05, 0.1) is 29.0 Å². The summed E-state index contributed by atoms with van der Waals surface area (Å²) in [7, 11) is -2.11. The molecule has 2 N–H and O–H groups in total. The molecule has 0 aromatic heterocycles. The fourth-order valence-corrected chi connectivity index (χ4v) is 5.93. The van der Waals surface area contributed by atoms with Gasteiger partial charge in [0.1, 0.15) is 18.5 Å². The molecule has 0 spiro atoms. The number of hydrogen-bond donors (Lipinski definition) is 2. The topological polar surface area (TPSA) is 114 Å². The van der Waals surface area contributed by atoms with Gasteiger partial charge in [-0.05, 0) is 56.5 Å². The van der Waals surface area contributed by atoms with Crippen LogP contribution in [0.4, 0.5) is 5.69 Å². The maximum absolute atomic E-state index is 13.4. The summed E-state index contributed by atoms with van der Waals surface area (Å²) in [6, 6.07) is 11.2. The third kappa shape index (κ3) is 5.43. The number of aryl methyl sites for hydroxylation is 1. The molecule has 0 aliphatic carbocycles. The number of nitrogens with one attached hydrogen (secondary N) is 2. The second kappa shape index (κ2) is 10.2. The molecule has 10 heteroatoms. The Morgan fingerprint density at radius 1 is 1.17 bits per heavy atom. The molecule has 2 aromatic carbocycles. The van der Waals surface area contributed by atoms with Gasteiger partial charge in [0.25, 0.3) is 15.9 Å². The van der Waals surface area contributed by atoms with E-state index in [-0.39, 0.29) is 59.2 Å². The molecule has 0 bridgehead atoms. The second-order valence-corrected chi connectivity index (χ2v) is 10.6. The molecule has 0 saturated carbocycles. The predicted octanol–water partition coefficient (Wildman–Crippen LogP) is 2.70. The minimum absolute atomic E-state index is 0.0573. The van der Waals surface area contributed by atoms with Crippen LogP contribution in [0, 0.1) is 6.92 Å². The van der Waals surface area contributed by atoms with E-state index in [0.29, 0.717) is 30.7 Å². The number of carbonyl (C=O) groups is 2. The van der Waals surface area contributed by atoms with E-state index in [1.807, 2.05) is 6.92 Å². The van der Waals surface area contributed by atoms with E-state index < -0.39 is 10.0 Å². The third-order valence-corrected chi connectivity index (χ3v) is 7.98. The summed E-state index contributed by atoms with van der Waals surface area (Å²) in [4.78, 5) is 27.2. The Hall–Kier alpha value is -3.11. The molecule has 1 fully saturated rings. The molecule has 35 heavy (non-hydrogen) atoms. The number of nitrogens with zero attached hydrogens (tertiary/aromatic N) is 1. The molecule has 2 aliphatic heterocycles. The lowest BCUT2D eigenvalue weighted by atomic mass is 9.94. The molecule has 1 saturated heterocycles. The summed E-state index contributed by atoms with van der Waals surface area (Å²) in [5.74, 6) is 0.0178. The van der Waals surface area contributed by atoms with Gasteiger partial charge in [0.2, 0.25) is 5.91 Å². The first-order chi connectivity index (χ1) is 16.7. The fraction of sp³-hybridized carbons (Fsp3) is 0.440. The van der Waals surface area contributed by atoms with Crippen LogP contribution in [0.15, 0.2) is 47.4 Å². The minimum Gasteiger partial charge on any atom is -0.490 e. The number of likely N-dealkylation sites (N-methyl/N-ethyl adjacent to an activating group) is 1. The van der Waals surface area contributed by atoms with Gasteiger partial charge >= 0.3 is 0 Å². The van der Waals surface area contributed by atoms with Gasteiger partial charge in [-0.1, -0.05) is 18.2 Å². The van der Waals surface area contributed by atoms with Gasteiger partial charge < -0.3 is 19.7 Å². The lowest BCUT2D eigenvalue weighted by Crippen LogP contribution is -2.54. The smallest absolute Gasteiger partial charge is 0.262 e. The molecule has 2 aliphatic rings. The van der Waals surface area contributed by atoms with Crippen LogP contribution in [0.1, 0.15) is 42.1 Å². The first-order valence-corrected chi connectivity index (χ1v) is 13.2. The first kappa shape index (κ1) is 25.0. The van der Waals surface area contributed by atoms with E-state index in [2.05, 4.69) is 10.0 Å². The van der Waals surface area contributed by atoms with Crippen molar-refractivity contribution in [3.63, 3.8) is 0 Å². The Labute approximate surface area is 205 Å². The Bertz CT molecular complexity index is 1220. The maximum Gasteiger partial charge on any atom is 0.262 e. The van der Waals surface area contributed by atoms with Crippen LogP contribution in [0.3, 0.4) is 0 Å². The van der Waals surface area contributed by atoms with Gasteiger partial charge in [0.15, 0.2) is 0 Å². The van der Waals surface area contributed by atoms with Crippen molar-refractivity contribution < 1.29 is 27.5 Å².